The molecule has 1 atom stereocenters. The molecule has 1 N–H and O–H groups in total. The van der Waals surface area contributed by atoms with Crippen LogP contribution in [0.4, 0.5) is 0 Å². The smallest absolute Gasteiger partial charge is 0.239 e. The number of carbonyl (C=O) groups is 1. The maximum absolute atomic E-state index is 12.0. The van der Waals surface area contributed by atoms with Crippen LogP contribution >= 0.6 is 12.4 Å². The van der Waals surface area contributed by atoms with Crippen LogP contribution in [-0.2, 0) is 18.4 Å². The largest absolute Gasteiger partial charge is 0.340 e. The first kappa shape index (κ1) is 14.0. The van der Waals surface area contributed by atoms with Gasteiger partial charge in [0.15, 0.2) is 0 Å². The Morgan fingerprint density at radius 2 is 2.47 bits per heavy atom. The topological polar surface area (TPSA) is 50.2 Å². The predicted molar refractivity (Wildman–Crippen MR) is 68.0 cm³/mol. The van der Waals surface area contributed by atoms with Crippen molar-refractivity contribution < 1.29 is 4.79 Å². The summed E-state index contributed by atoms with van der Waals surface area (Å²) in [6, 6.07) is 0.0154. The van der Waals surface area contributed by atoms with Gasteiger partial charge in [-0.15, -0.1) is 12.4 Å². The summed E-state index contributed by atoms with van der Waals surface area (Å²) in [5.74, 6) is 0.182. The van der Waals surface area contributed by atoms with Crippen LogP contribution in [0, 0.1) is 0 Å². The number of rotatable bonds is 3. The molecule has 96 valence electrons. The highest BCUT2D eigenvalue weighted by molar-refractivity contribution is 5.85. The van der Waals surface area contributed by atoms with Gasteiger partial charge in [0.25, 0.3) is 0 Å². The molecule has 1 unspecified atom stereocenters. The van der Waals surface area contributed by atoms with E-state index >= 15 is 0 Å². The van der Waals surface area contributed by atoms with Crippen molar-refractivity contribution in [1.82, 2.24) is 20.0 Å². The van der Waals surface area contributed by atoms with Crippen molar-refractivity contribution in [3.05, 3.63) is 18.0 Å². The molecule has 0 aliphatic carbocycles. The van der Waals surface area contributed by atoms with Gasteiger partial charge < -0.3 is 10.2 Å². The van der Waals surface area contributed by atoms with E-state index in [1.54, 1.807) is 15.8 Å². The zero-order valence-electron chi connectivity index (χ0n) is 10.2. The number of nitrogens with one attached hydrogen (secondary N) is 1. The van der Waals surface area contributed by atoms with Gasteiger partial charge in [-0.3, -0.25) is 9.48 Å². The van der Waals surface area contributed by atoms with Gasteiger partial charge in [-0.05, 0) is 19.4 Å². The fourth-order valence-corrected chi connectivity index (χ4v) is 2.07. The second-order valence-electron chi connectivity index (χ2n) is 4.37. The van der Waals surface area contributed by atoms with Crippen LogP contribution in [0.3, 0.4) is 0 Å². The predicted octanol–water partition coefficient (Wildman–Crippen LogP) is 0.552. The summed E-state index contributed by atoms with van der Waals surface area (Å²) in [6.45, 7) is 1.59. The maximum atomic E-state index is 12.0. The Bertz CT molecular complexity index is 373. The van der Waals surface area contributed by atoms with Gasteiger partial charge in [0.05, 0.1) is 12.2 Å². The standard InChI is InChI=1S/C11H18N4O.ClH/c1-14(7-9-6-13-15(2)8-9)11(16)10-4-3-5-12-10;/h6,8,10,12H,3-5,7H2,1-2H3;1H. The van der Waals surface area contributed by atoms with Crippen molar-refractivity contribution in [2.75, 3.05) is 13.6 Å². The molecule has 0 aromatic carbocycles. The second kappa shape index (κ2) is 6.02. The van der Waals surface area contributed by atoms with E-state index in [2.05, 4.69) is 10.4 Å². The van der Waals surface area contributed by atoms with E-state index in [0.29, 0.717) is 6.54 Å². The summed E-state index contributed by atoms with van der Waals surface area (Å²) in [7, 11) is 3.72. The Hall–Kier alpha value is -1.07. The first-order valence-electron chi connectivity index (χ1n) is 5.62. The summed E-state index contributed by atoms with van der Waals surface area (Å²) in [5.41, 5.74) is 1.07. The zero-order valence-corrected chi connectivity index (χ0v) is 11.0. The molecule has 0 spiro atoms. The molecule has 1 fully saturated rings. The lowest BCUT2D eigenvalue weighted by Gasteiger charge is -2.20. The molecular weight excluding hydrogens is 240 g/mol. The molecule has 5 nitrogen and oxygen atoms in total. The zero-order chi connectivity index (χ0) is 11.5. The number of amides is 1. The fraction of sp³-hybridized carbons (Fsp3) is 0.636. The van der Waals surface area contributed by atoms with Crippen molar-refractivity contribution in [3.8, 4) is 0 Å². The molecule has 1 aliphatic heterocycles. The van der Waals surface area contributed by atoms with Gasteiger partial charge >= 0.3 is 0 Å². The van der Waals surface area contributed by atoms with Crippen LogP contribution in [0.25, 0.3) is 0 Å². The molecule has 1 aliphatic rings. The van der Waals surface area contributed by atoms with Crippen LogP contribution in [0.5, 0.6) is 0 Å². The third-order valence-corrected chi connectivity index (χ3v) is 2.91. The molecule has 0 saturated carbocycles. The van der Waals surface area contributed by atoms with E-state index in [0.717, 1.165) is 24.9 Å². The Kier molecular flexibility index (Phi) is 4.96. The number of likely N-dealkylation sites (N-methyl/N-ethyl adjacent to an activating group) is 1. The lowest BCUT2D eigenvalue weighted by atomic mass is 10.2. The Labute approximate surface area is 108 Å². The van der Waals surface area contributed by atoms with Crippen molar-refractivity contribution >= 4 is 18.3 Å². The number of aryl methyl sites for hydroxylation is 1. The van der Waals surface area contributed by atoms with Crippen LogP contribution in [-0.4, -0.2) is 40.2 Å². The van der Waals surface area contributed by atoms with Gasteiger partial charge in [-0.2, -0.15) is 5.10 Å². The normalized spacial score (nSPS) is 18.8. The number of nitrogens with zero attached hydrogens (tertiary/aromatic N) is 3. The molecule has 2 heterocycles. The van der Waals surface area contributed by atoms with Gasteiger partial charge in [0.1, 0.15) is 0 Å². The van der Waals surface area contributed by atoms with Crippen molar-refractivity contribution in [2.24, 2.45) is 7.05 Å². The van der Waals surface area contributed by atoms with E-state index in [9.17, 15) is 4.79 Å². The van der Waals surface area contributed by atoms with E-state index < -0.39 is 0 Å². The third kappa shape index (κ3) is 3.44. The summed E-state index contributed by atoms with van der Waals surface area (Å²) in [6.07, 6.45) is 5.78. The van der Waals surface area contributed by atoms with Crippen molar-refractivity contribution in [3.63, 3.8) is 0 Å². The quantitative estimate of drug-likeness (QED) is 0.862. The lowest BCUT2D eigenvalue weighted by molar-refractivity contribution is -0.132. The van der Waals surface area contributed by atoms with E-state index in [-0.39, 0.29) is 24.4 Å². The lowest BCUT2D eigenvalue weighted by Crippen LogP contribution is -2.41. The number of hydrogen-bond donors (Lipinski definition) is 1. The molecule has 2 rings (SSSR count). The minimum atomic E-state index is 0. The summed E-state index contributed by atoms with van der Waals surface area (Å²) < 4.78 is 1.75. The summed E-state index contributed by atoms with van der Waals surface area (Å²) >= 11 is 0. The number of hydrogen-bond acceptors (Lipinski definition) is 3. The first-order valence-corrected chi connectivity index (χ1v) is 5.62. The molecule has 0 radical (unpaired) electrons. The highest BCUT2D eigenvalue weighted by Gasteiger charge is 2.24. The SMILES string of the molecule is CN(Cc1cnn(C)c1)C(=O)C1CCCN1.Cl. The van der Waals surface area contributed by atoms with E-state index in [4.69, 9.17) is 0 Å². The Morgan fingerprint density at radius 1 is 1.71 bits per heavy atom. The second-order valence-corrected chi connectivity index (χ2v) is 4.37. The van der Waals surface area contributed by atoms with Crippen LogP contribution < -0.4 is 5.32 Å². The summed E-state index contributed by atoms with van der Waals surface area (Å²) in [5, 5.41) is 7.31. The molecule has 1 aromatic rings. The average molecular weight is 259 g/mol. The number of aromatic nitrogens is 2. The van der Waals surface area contributed by atoms with Crippen LogP contribution in [0.15, 0.2) is 12.4 Å². The number of halogens is 1. The monoisotopic (exact) mass is 258 g/mol. The van der Waals surface area contributed by atoms with Gasteiger partial charge in [-0.1, -0.05) is 0 Å². The molecule has 1 amide bonds. The van der Waals surface area contributed by atoms with E-state index in [1.165, 1.54) is 0 Å². The molecule has 0 bridgehead atoms. The van der Waals surface area contributed by atoms with Crippen LogP contribution in [0.1, 0.15) is 18.4 Å². The highest BCUT2D eigenvalue weighted by atomic mass is 35.5. The molecular formula is C11H19ClN4O. The minimum Gasteiger partial charge on any atom is -0.340 e. The van der Waals surface area contributed by atoms with Gasteiger partial charge in [0.2, 0.25) is 5.91 Å². The van der Waals surface area contributed by atoms with E-state index in [1.807, 2.05) is 20.3 Å². The van der Waals surface area contributed by atoms with Crippen molar-refractivity contribution in [1.29, 1.82) is 0 Å². The summed E-state index contributed by atoms with van der Waals surface area (Å²) in [4.78, 5) is 13.8. The highest BCUT2D eigenvalue weighted by Crippen LogP contribution is 2.09. The molecule has 17 heavy (non-hydrogen) atoms. The molecule has 1 saturated heterocycles. The minimum absolute atomic E-state index is 0. The van der Waals surface area contributed by atoms with Gasteiger partial charge in [0, 0.05) is 32.4 Å². The Balaban J connectivity index is 0.00000144. The third-order valence-electron chi connectivity index (χ3n) is 2.91. The molecule has 1 aromatic heterocycles. The first-order chi connectivity index (χ1) is 7.66. The maximum Gasteiger partial charge on any atom is 0.239 e. The fourth-order valence-electron chi connectivity index (χ4n) is 2.07. The number of carbonyl (C=O) groups excluding carboxylic acids is 1. The van der Waals surface area contributed by atoms with Crippen LogP contribution in [0.2, 0.25) is 0 Å². The van der Waals surface area contributed by atoms with Crippen molar-refractivity contribution in [2.45, 2.75) is 25.4 Å². The average Bonchev–Trinajstić information content (AvgIpc) is 2.88. The van der Waals surface area contributed by atoms with Gasteiger partial charge in [-0.25, -0.2) is 0 Å². The Morgan fingerprint density at radius 3 is 3.00 bits per heavy atom. The molecule has 6 heteroatoms.